The molecule has 1 fully saturated rings. The lowest BCUT2D eigenvalue weighted by Gasteiger charge is -2.23. The second-order valence-corrected chi connectivity index (χ2v) is 6.22. The number of aryl methyl sites for hydroxylation is 1. The van der Waals surface area contributed by atoms with Crippen LogP contribution < -0.4 is 5.32 Å². The van der Waals surface area contributed by atoms with Crippen LogP contribution in [0, 0.1) is 12.3 Å². The highest BCUT2D eigenvalue weighted by atomic mass is 32.1. The molecular weight excluding hydrogens is 242 g/mol. The fourth-order valence-corrected chi connectivity index (χ4v) is 2.85. The highest BCUT2D eigenvalue weighted by Crippen LogP contribution is 2.36. The fraction of sp³-hybridized carbons (Fsp3) is 0.533. The summed E-state index contributed by atoms with van der Waals surface area (Å²) in [6, 6.07) is 5.69. The van der Waals surface area contributed by atoms with Crippen LogP contribution >= 0.6 is 12.6 Å². The maximum absolute atomic E-state index is 12.2. The Morgan fingerprint density at radius 1 is 1.39 bits per heavy atom. The van der Waals surface area contributed by atoms with E-state index >= 15 is 0 Å². The zero-order chi connectivity index (χ0) is 13.2. The van der Waals surface area contributed by atoms with Crippen LogP contribution in [0.1, 0.15) is 48.5 Å². The average Bonchev–Trinajstić information content (AvgIpc) is 2.77. The van der Waals surface area contributed by atoms with E-state index in [0.717, 1.165) is 22.6 Å². The number of hydrogen-bond donors (Lipinski definition) is 2. The van der Waals surface area contributed by atoms with Gasteiger partial charge in [-0.15, -0.1) is 12.6 Å². The summed E-state index contributed by atoms with van der Waals surface area (Å²) in [5, 5.41) is 3.08. The number of benzene rings is 1. The lowest BCUT2D eigenvalue weighted by Crippen LogP contribution is -2.34. The van der Waals surface area contributed by atoms with Crippen LogP contribution in [0.15, 0.2) is 23.1 Å². The average molecular weight is 263 g/mol. The Morgan fingerprint density at radius 3 is 2.72 bits per heavy atom. The quantitative estimate of drug-likeness (QED) is 0.802. The molecule has 0 bridgehead atoms. The molecule has 3 heteroatoms. The third-order valence-corrected chi connectivity index (χ3v) is 4.23. The van der Waals surface area contributed by atoms with Gasteiger partial charge in [0, 0.05) is 17.0 Å². The lowest BCUT2D eigenvalue weighted by molar-refractivity contribution is 0.0933. The molecule has 0 unspecified atom stereocenters. The van der Waals surface area contributed by atoms with Crippen LogP contribution in [0.2, 0.25) is 0 Å². The molecule has 0 saturated heterocycles. The fourth-order valence-electron chi connectivity index (χ4n) is 2.65. The second-order valence-electron chi connectivity index (χ2n) is 5.70. The van der Waals surface area contributed by atoms with Crippen LogP contribution in [0.5, 0.6) is 0 Å². The smallest absolute Gasteiger partial charge is 0.251 e. The van der Waals surface area contributed by atoms with Gasteiger partial charge in [-0.1, -0.05) is 25.8 Å². The van der Waals surface area contributed by atoms with Crippen LogP contribution in [-0.4, -0.2) is 12.5 Å². The molecule has 1 aromatic carbocycles. The number of thiol groups is 1. The minimum Gasteiger partial charge on any atom is -0.351 e. The Bertz CT molecular complexity index is 450. The number of carbonyl (C=O) groups excluding carboxylic acids is 1. The minimum absolute atomic E-state index is 0.0246. The van der Waals surface area contributed by atoms with Gasteiger partial charge in [-0.05, 0) is 42.9 Å². The van der Waals surface area contributed by atoms with Crippen molar-refractivity contribution in [3.8, 4) is 0 Å². The van der Waals surface area contributed by atoms with Crippen molar-refractivity contribution in [2.45, 2.75) is 44.4 Å². The van der Waals surface area contributed by atoms with Crippen molar-refractivity contribution in [1.29, 1.82) is 0 Å². The first-order valence-corrected chi connectivity index (χ1v) is 7.03. The monoisotopic (exact) mass is 263 g/mol. The van der Waals surface area contributed by atoms with Gasteiger partial charge in [0.1, 0.15) is 0 Å². The molecule has 0 heterocycles. The predicted octanol–water partition coefficient (Wildman–Crippen LogP) is 3.59. The van der Waals surface area contributed by atoms with Crippen molar-refractivity contribution in [3.63, 3.8) is 0 Å². The van der Waals surface area contributed by atoms with Crippen molar-refractivity contribution < 1.29 is 4.79 Å². The molecule has 98 valence electrons. The van der Waals surface area contributed by atoms with Crippen LogP contribution in [0.4, 0.5) is 0 Å². The van der Waals surface area contributed by atoms with Gasteiger partial charge in [-0.3, -0.25) is 4.79 Å². The van der Waals surface area contributed by atoms with E-state index in [2.05, 4.69) is 24.9 Å². The molecule has 1 aliphatic rings. The molecule has 0 aromatic heterocycles. The topological polar surface area (TPSA) is 29.1 Å². The summed E-state index contributed by atoms with van der Waals surface area (Å²) in [6.07, 6.45) is 5.02. The van der Waals surface area contributed by atoms with Crippen LogP contribution in [0.25, 0.3) is 0 Å². The Kier molecular flexibility index (Phi) is 4.00. The van der Waals surface area contributed by atoms with E-state index in [1.807, 2.05) is 25.1 Å². The van der Waals surface area contributed by atoms with Gasteiger partial charge < -0.3 is 5.32 Å². The Labute approximate surface area is 115 Å². The van der Waals surface area contributed by atoms with Crippen molar-refractivity contribution in [1.82, 2.24) is 5.32 Å². The molecule has 0 atom stereocenters. The third kappa shape index (κ3) is 3.08. The Balaban J connectivity index is 2.01. The first kappa shape index (κ1) is 13.5. The molecule has 0 spiro atoms. The zero-order valence-corrected chi connectivity index (χ0v) is 12.0. The van der Waals surface area contributed by atoms with Gasteiger partial charge in [-0.2, -0.15) is 0 Å². The SMILES string of the molecule is Cc1ccc(S)cc1C(=O)NCC1(C)CCCC1. The van der Waals surface area contributed by atoms with Gasteiger partial charge in [0.2, 0.25) is 0 Å². The van der Waals surface area contributed by atoms with E-state index in [1.54, 1.807) is 0 Å². The number of nitrogens with one attached hydrogen (secondary N) is 1. The molecule has 2 rings (SSSR count). The standard InChI is InChI=1S/C15H21NOS/c1-11-5-6-12(18)9-13(11)14(17)16-10-15(2)7-3-4-8-15/h5-6,9,18H,3-4,7-8,10H2,1-2H3,(H,16,17). The first-order chi connectivity index (χ1) is 8.50. The molecule has 2 nitrogen and oxygen atoms in total. The number of carbonyl (C=O) groups is 1. The normalized spacial score (nSPS) is 17.7. The van der Waals surface area contributed by atoms with E-state index in [0.29, 0.717) is 5.41 Å². The molecular formula is C15H21NOS. The van der Waals surface area contributed by atoms with Gasteiger partial charge in [0.25, 0.3) is 5.91 Å². The van der Waals surface area contributed by atoms with Crippen molar-refractivity contribution >= 4 is 18.5 Å². The molecule has 1 aromatic rings. The highest BCUT2D eigenvalue weighted by molar-refractivity contribution is 7.80. The number of amides is 1. The first-order valence-electron chi connectivity index (χ1n) is 6.58. The summed E-state index contributed by atoms with van der Waals surface area (Å²) in [5.41, 5.74) is 2.04. The van der Waals surface area contributed by atoms with E-state index < -0.39 is 0 Å². The van der Waals surface area contributed by atoms with E-state index in [9.17, 15) is 4.79 Å². The molecule has 0 aliphatic heterocycles. The summed E-state index contributed by atoms with van der Waals surface area (Å²) in [7, 11) is 0. The van der Waals surface area contributed by atoms with Crippen molar-refractivity contribution in [3.05, 3.63) is 29.3 Å². The highest BCUT2D eigenvalue weighted by Gasteiger charge is 2.29. The number of hydrogen-bond acceptors (Lipinski definition) is 2. The molecule has 1 saturated carbocycles. The van der Waals surface area contributed by atoms with E-state index in [4.69, 9.17) is 0 Å². The predicted molar refractivity (Wildman–Crippen MR) is 77.3 cm³/mol. The summed E-state index contributed by atoms with van der Waals surface area (Å²) < 4.78 is 0. The van der Waals surface area contributed by atoms with Crippen LogP contribution in [-0.2, 0) is 0 Å². The lowest BCUT2D eigenvalue weighted by atomic mass is 9.89. The maximum atomic E-state index is 12.2. The molecule has 1 amide bonds. The molecule has 18 heavy (non-hydrogen) atoms. The summed E-state index contributed by atoms with van der Waals surface area (Å²) >= 11 is 4.29. The molecule has 0 radical (unpaired) electrons. The maximum Gasteiger partial charge on any atom is 0.251 e. The van der Waals surface area contributed by atoms with Gasteiger partial charge in [0.05, 0.1) is 0 Å². The minimum atomic E-state index is 0.0246. The molecule has 1 aliphatic carbocycles. The van der Waals surface area contributed by atoms with Gasteiger partial charge >= 0.3 is 0 Å². The Hall–Kier alpha value is -0.960. The third-order valence-electron chi connectivity index (χ3n) is 3.95. The summed E-state index contributed by atoms with van der Waals surface area (Å²) in [4.78, 5) is 13.0. The summed E-state index contributed by atoms with van der Waals surface area (Å²) in [6.45, 7) is 5.00. The van der Waals surface area contributed by atoms with Crippen molar-refractivity contribution in [2.75, 3.05) is 6.54 Å². The van der Waals surface area contributed by atoms with Gasteiger partial charge in [-0.25, -0.2) is 0 Å². The van der Waals surface area contributed by atoms with Crippen molar-refractivity contribution in [2.24, 2.45) is 5.41 Å². The van der Waals surface area contributed by atoms with E-state index in [-0.39, 0.29) is 5.91 Å². The number of rotatable bonds is 3. The largest absolute Gasteiger partial charge is 0.351 e. The van der Waals surface area contributed by atoms with Gasteiger partial charge in [0.15, 0.2) is 0 Å². The summed E-state index contributed by atoms with van der Waals surface area (Å²) in [5.74, 6) is 0.0246. The second kappa shape index (κ2) is 5.35. The molecule has 1 N–H and O–H groups in total. The van der Waals surface area contributed by atoms with E-state index in [1.165, 1.54) is 25.7 Å². The zero-order valence-electron chi connectivity index (χ0n) is 11.1. The Morgan fingerprint density at radius 2 is 2.06 bits per heavy atom. The van der Waals surface area contributed by atoms with Crippen LogP contribution in [0.3, 0.4) is 0 Å².